The number of rotatable bonds is 7. The van der Waals surface area contributed by atoms with E-state index in [0.29, 0.717) is 18.7 Å². The van der Waals surface area contributed by atoms with Gasteiger partial charge in [-0.15, -0.1) is 0 Å². The molecule has 116 valence electrons. The Bertz CT molecular complexity index is 520. The van der Waals surface area contributed by atoms with E-state index in [4.69, 9.17) is 0 Å². The Morgan fingerprint density at radius 1 is 1.48 bits per heavy atom. The summed E-state index contributed by atoms with van der Waals surface area (Å²) in [7, 11) is 0. The van der Waals surface area contributed by atoms with Crippen LogP contribution in [0.25, 0.3) is 0 Å². The van der Waals surface area contributed by atoms with Crippen molar-refractivity contribution in [1.29, 1.82) is 0 Å². The Morgan fingerprint density at radius 3 is 2.62 bits per heavy atom. The molecule has 1 amide bonds. The summed E-state index contributed by atoms with van der Waals surface area (Å²) in [6.45, 7) is 6.82. The van der Waals surface area contributed by atoms with Crippen LogP contribution in [0.2, 0.25) is 0 Å². The van der Waals surface area contributed by atoms with E-state index >= 15 is 0 Å². The van der Waals surface area contributed by atoms with E-state index < -0.39 is 16.4 Å². The molecule has 1 aromatic rings. The summed E-state index contributed by atoms with van der Waals surface area (Å²) in [4.78, 5) is 23.3. The smallest absolute Gasteiger partial charge is 0.304 e. The van der Waals surface area contributed by atoms with E-state index in [1.54, 1.807) is 0 Å². The van der Waals surface area contributed by atoms with Gasteiger partial charge in [-0.2, -0.15) is 4.39 Å². The van der Waals surface area contributed by atoms with Crippen LogP contribution in [-0.2, 0) is 11.3 Å². The first-order valence-electron chi connectivity index (χ1n) is 6.78. The number of nitrogens with zero attached hydrogens (tertiary/aromatic N) is 2. The Morgan fingerprint density at radius 2 is 2.14 bits per heavy atom. The molecule has 7 heteroatoms. The van der Waals surface area contributed by atoms with Gasteiger partial charge < -0.3 is 5.32 Å². The summed E-state index contributed by atoms with van der Waals surface area (Å²) in [6, 6.07) is 3.85. The standard InChI is InChI=1S/C14H20FN3O3/c1-4-17(9-14(19)16-10(2)3)8-11-5-6-13(18(20)21)12(15)7-11/h5-7,10H,4,8-9H2,1-3H3,(H,16,19). The highest BCUT2D eigenvalue weighted by Gasteiger charge is 2.16. The molecule has 0 bridgehead atoms. The van der Waals surface area contributed by atoms with Gasteiger partial charge in [-0.1, -0.05) is 13.0 Å². The second kappa shape index (κ2) is 7.68. The molecule has 0 fully saturated rings. The fraction of sp³-hybridized carbons (Fsp3) is 0.500. The molecule has 21 heavy (non-hydrogen) atoms. The van der Waals surface area contributed by atoms with Crippen molar-refractivity contribution in [1.82, 2.24) is 10.2 Å². The first-order chi connectivity index (χ1) is 9.83. The van der Waals surface area contributed by atoms with Gasteiger partial charge in [-0.05, 0) is 32.0 Å². The molecule has 0 aliphatic carbocycles. The second-order valence-corrected chi connectivity index (χ2v) is 5.07. The van der Waals surface area contributed by atoms with Crippen LogP contribution < -0.4 is 5.32 Å². The molecule has 0 aliphatic heterocycles. The van der Waals surface area contributed by atoms with Crippen LogP contribution in [0, 0.1) is 15.9 Å². The van der Waals surface area contributed by atoms with Crippen molar-refractivity contribution in [2.45, 2.75) is 33.4 Å². The number of nitro benzene ring substituents is 1. The van der Waals surface area contributed by atoms with Crippen molar-refractivity contribution >= 4 is 11.6 Å². The third-order valence-electron chi connectivity index (χ3n) is 2.88. The molecule has 0 aromatic heterocycles. The first kappa shape index (κ1) is 17.0. The zero-order valence-electron chi connectivity index (χ0n) is 12.4. The molecule has 1 aromatic carbocycles. The van der Waals surface area contributed by atoms with Gasteiger partial charge in [0.05, 0.1) is 11.5 Å². The number of nitro groups is 1. The number of likely N-dealkylation sites (N-methyl/N-ethyl adjacent to an activating group) is 1. The predicted molar refractivity (Wildman–Crippen MR) is 77.3 cm³/mol. The normalized spacial score (nSPS) is 11.0. The van der Waals surface area contributed by atoms with Crippen molar-refractivity contribution in [2.75, 3.05) is 13.1 Å². The Balaban J connectivity index is 2.71. The van der Waals surface area contributed by atoms with E-state index in [-0.39, 0.29) is 18.5 Å². The molecule has 0 atom stereocenters. The predicted octanol–water partition coefficient (Wildman–Crippen LogP) is 2.08. The zero-order valence-corrected chi connectivity index (χ0v) is 12.4. The fourth-order valence-electron chi connectivity index (χ4n) is 1.91. The molecular weight excluding hydrogens is 277 g/mol. The minimum Gasteiger partial charge on any atom is -0.353 e. The SMILES string of the molecule is CCN(CC(=O)NC(C)C)Cc1ccc([N+](=O)[O-])c(F)c1. The maximum absolute atomic E-state index is 13.6. The van der Waals surface area contributed by atoms with Gasteiger partial charge in [0.2, 0.25) is 11.7 Å². The first-order valence-corrected chi connectivity index (χ1v) is 6.78. The van der Waals surface area contributed by atoms with Gasteiger partial charge in [0.25, 0.3) is 0 Å². The number of amides is 1. The summed E-state index contributed by atoms with van der Waals surface area (Å²) in [6.07, 6.45) is 0. The zero-order chi connectivity index (χ0) is 16.0. The molecule has 0 saturated carbocycles. The van der Waals surface area contributed by atoms with Crippen molar-refractivity contribution < 1.29 is 14.1 Å². The van der Waals surface area contributed by atoms with E-state index in [0.717, 1.165) is 12.1 Å². The number of nitrogens with one attached hydrogen (secondary N) is 1. The lowest BCUT2D eigenvalue weighted by atomic mass is 10.2. The van der Waals surface area contributed by atoms with E-state index in [2.05, 4.69) is 5.32 Å². The third kappa shape index (κ3) is 5.47. The summed E-state index contributed by atoms with van der Waals surface area (Å²) in [5.41, 5.74) is 0.0525. The number of hydrogen-bond donors (Lipinski definition) is 1. The van der Waals surface area contributed by atoms with Crippen LogP contribution in [0.1, 0.15) is 26.3 Å². The summed E-state index contributed by atoms with van der Waals surface area (Å²) < 4.78 is 13.6. The molecule has 0 unspecified atom stereocenters. The summed E-state index contributed by atoms with van der Waals surface area (Å²) >= 11 is 0. The third-order valence-corrected chi connectivity index (χ3v) is 2.88. The lowest BCUT2D eigenvalue weighted by Gasteiger charge is -2.20. The van der Waals surface area contributed by atoms with Crippen LogP contribution in [0.5, 0.6) is 0 Å². The summed E-state index contributed by atoms with van der Waals surface area (Å²) in [5, 5.41) is 13.3. The van der Waals surface area contributed by atoms with Gasteiger partial charge in [-0.3, -0.25) is 19.8 Å². The average Bonchev–Trinajstić information content (AvgIpc) is 2.36. The average molecular weight is 297 g/mol. The van der Waals surface area contributed by atoms with Crippen LogP contribution in [0.3, 0.4) is 0 Å². The number of halogens is 1. The van der Waals surface area contributed by atoms with Crippen molar-refractivity contribution in [3.05, 3.63) is 39.7 Å². The minimum absolute atomic E-state index is 0.0630. The van der Waals surface area contributed by atoms with Crippen molar-refractivity contribution in [3.63, 3.8) is 0 Å². The van der Waals surface area contributed by atoms with Gasteiger partial charge in [0.15, 0.2) is 0 Å². The topological polar surface area (TPSA) is 75.5 Å². The number of carbonyl (C=O) groups excluding carboxylic acids is 1. The largest absolute Gasteiger partial charge is 0.353 e. The number of benzene rings is 1. The number of hydrogen-bond acceptors (Lipinski definition) is 4. The molecule has 6 nitrogen and oxygen atoms in total. The van der Waals surface area contributed by atoms with Gasteiger partial charge in [0, 0.05) is 18.7 Å². The molecular formula is C14H20FN3O3. The minimum atomic E-state index is -0.861. The Labute approximate surface area is 123 Å². The Hall–Kier alpha value is -2.02. The molecule has 1 rings (SSSR count). The van der Waals surface area contributed by atoms with Crippen molar-refractivity contribution in [2.24, 2.45) is 0 Å². The maximum atomic E-state index is 13.6. The van der Waals surface area contributed by atoms with E-state index in [1.165, 1.54) is 6.07 Å². The maximum Gasteiger partial charge on any atom is 0.304 e. The lowest BCUT2D eigenvalue weighted by molar-refractivity contribution is -0.387. The number of carbonyl (C=O) groups is 1. The monoisotopic (exact) mass is 297 g/mol. The lowest BCUT2D eigenvalue weighted by Crippen LogP contribution is -2.39. The molecule has 0 saturated heterocycles. The van der Waals surface area contributed by atoms with Crippen LogP contribution in [-0.4, -0.2) is 34.9 Å². The molecule has 0 radical (unpaired) electrons. The molecule has 0 heterocycles. The fourth-order valence-corrected chi connectivity index (χ4v) is 1.91. The molecule has 0 spiro atoms. The molecule has 0 aliphatic rings. The van der Waals surface area contributed by atoms with Crippen molar-refractivity contribution in [3.8, 4) is 0 Å². The van der Waals surface area contributed by atoms with Gasteiger partial charge >= 0.3 is 5.69 Å². The second-order valence-electron chi connectivity index (χ2n) is 5.07. The van der Waals surface area contributed by atoms with E-state index in [1.807, 2.05) is 25.7 Å². The van der Waals surface area contributed by atoms with Crippen LogP contribution in [0.15, 0.2) is 18.2 Å². The van der Waals surface area contributed by atoms with Gasteiger partial charge in [0.1, 0.15) is 0 Å². The van der Waals surface area contributed by atoms with E-state index in [9.17, 15) is 19.3 Å². The highest BCUT2D eigenvalue weighted by atomic mass is 19.1. The quantitative estimate of drug-likeness (QED) is 0.617. The van der Waals surface area contributed by atoms with Gasteiger partial charge in [-0.25, -0.2) is 0 Å². The summed E-state index contributed by atoms with van der Waals surface area (Å²) in [5.74, 6) is -0.964. The highest BCUT2D eigenvalue weighted by Crippen LogP contribution is 2.18. The Kier molecular flexibility index (Phi) is 6.23. The van der Waals surface area contributed by atoms with Crippen LogP contribution in [0.4, 0.5) is 10.1 Å². The van der Waals surface area contributed by atoms with Crippen LogP contribution >= 0.6 is 0 Å². The molecule has 1 N–H and O–H groups in total. The highest BCUT2D eigenvalue weighted by molar-refractivity contribution is 5.78.